The van der Waals surface area contributed by atoms with Crippen LogP contribution in [-0.2, 0) is 40.1 Å². The maximum absolute atomic E-state index is 6.73. The van der Waals surface area contributed by atoms with Crippen LogP contribution >= 0.6 is 0 Å². The Labute approximate surface area is 264 Å². The van der Waals surface area contributed by atoms with E-state index in [0.29, 0.717) is 13.2 Å². The van der Waals surface area contributed by atoms with Crippen LogP contribution in [0.1, 0.15) is 94.9 Å². The van der Waals surface area contributed by atoms with Gasteiger partial charge >= 0.3 is 0 Å². The van der Waals surface area contributed by atoms with Gasteiger partial charge < -0.3 is 19.5 Å². The lowest BCUT2D eigenvalue weighted by Gasteiger charge is -2.44. The monoisotopic (exact) mass is 591 g/mol. The summed E-state index contributed by atoms with van der Waals surface area (Å²) in [5.74, 6) is 0.836. The Morgan fingerprint density at radius 1 is 0.659 bits per heavy atom. The van der Waals surface area contributed by atoms with E-state index in [9.17, 15) is 0 Å². The van der Waals surface area contributed by atoms with Crippen LogP contribution in [0, 0.1) is 0 Å². The van der Waals surface area contributed by atoms with Gasteiger partial charge in [-0.2, -0.15) is 0 Å². The molecule has 4 heteroatoms. The van der Waals surface area contributed by atoms with E-state index in [1.165, 1.54) is 16.7 Å². The van der Waals surface area contributed by atoms with E-state index < -0.39 is 5.60 Å². The minimum absolute atomic E-state index is 0.111. The van der Waals surface area contributed by atoms with Crippen LogP contribution in [0.2, 0.25) is 0 Å². The molecule has 5 rings (SSSR count). The van der Waals surface area contributed by atoms with Crippen molar-refractivity contribution >= 4 is 5.69 Å². The highest BCUT2D eigenvalue weighted by Crippen LogP contribution is 2.45. The fraction of sp³-hybridized carbons (Fsp3) is 0.400. The number of fused-ring (bicyclic) bond motifs is 1. The van der Waals surface area contributed by atoms with Crippen molar-refractivity contribution < 1.29 is 14.2 Å². The largest absolute Gasteiger partial charge is 0.485 e. The standard InChI is InChI=1S/C40H49NO3/c1-38(2,3)31-18-14-28(15-19-31)25-41-33-22-23-35-34(24-33)36(42-26-29-12-10-9-11-13-29)37(40(7,8)44-35)43-27-30-16-20-32(21-17-30)39(4,5)6/h9-24,36-37,41H,25-27H2,1-8H3. The number of ether oxygens (including phenoxy) is 3. The lowest BCUT2D eigenvalue weighted by Crippen LogP contribution is -2.50. The summed E-state index contributed by atoms with van der Waals surface area (Å²) in [5, 5.41) is 3.62. The number of rotatable bonds is 9. The molecule has 0 amide bonds. The average Bonchev–Trinajstić information content (AvgIpc) is 2.98. The number of nitrogens with one attached hydrogen (secondary N) is 1. The van der Waals surface area contributed by atoms with Crippen molar-refractivity contribution in [2.45, 2.75) is 104 Å². The van der Waals surface area contributed by atoms with Crippen molar-refractivity contribution in [3.8, 4) is 5.75 Å². The van der Waals surface area contributed by atoms with Crippen LogP contribution in [0.25, 0.3) is 0 Å². The molecule has 1 aliphatic heterocycles. The van der Waals surface area contributed by atoms with Crippen molar-refractivity contribution in [3.05, 3.63) is 130 Å². The first-order chi connectivity index (χ1) is 20.8. The SMILES string of the molecule is CC(C)(C)c1ccc(CNc2ccc3c(c2)C(OCc2ccccc2)C(OCc2ccc(C(C)(C)C)cc2)C(C)(C)O3)cc1. The summed E-state index contributed by atoms with van der Waals surface area (Å²) in [4.78, 5) is 0. The second-order valence-corrected chi connectivity index (χ2v) is 14.7. The van der Waals surface area contributed by atoms with Gasteiger partial charge in [0.2, 0.25) is 0 Å². The van der Waals surface area contributed by atoms with E-state index in [-0.39, 0.29) is 23.0 Å². The Morgan fingerprint density at radius 2 is 1.20 bits per heavy atom. The van der Waals surface area contributed by atoms with Gasteiger partial charge in [0, 0.05) is 17.8 Å². The zero-order chi connectivity index (χ0) is 31.5. The molecule has 1 heterocycles. The Hall–Kier alpha value is -3.60. The van der Waals surface area contributed by atoms with Gasteiger partial charge in [-0.25, -0.2) is 0 Å². The molecule has 2 unspecified atom stereocenters. The molecule has 0 spiro atoms. The molecule has 232 valence electrons. The van der Waals surface area contributed by atoms with E-state index in [1.54, 1.807) is 0 Å². The zero-order valence-electron chi connectivity index (χ0n) is 27.7. The van der Waals surface area contributed by atoms with Crippen LogP contribution in [0.15, 0.2) is 97.1 Å². The fourth-order valence-corrected chi connectivity index (χ4v) is 5.68. The van der Waals surface area contributed by atoms with Crippen LogP contribution < -0.4 is 10.1 Å². The molecule has 0 radical (unpaired) electrons. The molecular formula is C40H49NO3. The Morgan fingerprint density at radius 3 is 1.80 bits per heavy atom. The van der Waals surface area contributed by atoms with Gasteiger partial charge in [-0.15, -0.1) is 0 Å². The van der Waals surface area contributed by atoms with Crippen molar-refractivity contribution in [2.75, 3.05) is 5.32 Å². The van der Waals surface area contributed by atoms with Crippen LogP contribution in [0.4, 0.5) is 5.69 Å². The number of benzene rings is 4. The van der Waals surface area contributed by atoms with Gasteiger partial charge in [-0.05, 0) is 70.7 Å². The summed E-state index contributed by atoms with van der Waals surface area (Å²) in [7, 11) is 0. The van der Waals surface area contributed by atoms with E-state index in [0.717, 1.165) is 34.7 Å². The molecule has 0 fully saturated rings. The quantitative estimate of drug-likeness (QED) is 0.210. The second kappa shape index (κ2) is 12.8. The molecule has 4 aromatic carbocycles. The van der Waals surface area contributed by atoms with Crippen LogP contribution in [-0.4, -0.2) is 11.7 Å². The summed E-state index contributed by atoms with van der Waals surface area (Å²) in [6.45, 7) is 19.3. The van der Waals surface area contributed by atoms with Gasteiger partial charge in [0.1, 0.15) is 23.6 Å². The first-order valence-corrected chi connectivity index (χ1v) is 15.8. The highest BCUT2D eigenvalue weighted by Gasteiger charge is 2.45. The average molecular weight is 592 g/mol. The highest BCUT2D eigenvalue weighted by molar-refractivity contribution is 5.54. The minimum Gasteiger partial charge on any atom is -0.485 e. The maximum Gasteiger partial charge on any atom is 0.132 e. The third-order valence-electron chi connectivity index (χ3n) is 8.49. The van der Waals surface area contributed by atoms with Crippen LogP contribution in [0.5, 0.6) is 5.75 Å². The fourth-order valence-electron chi connectivity index (χ4n) is 5.68. The summed E-state index contributed by atoms with van der Waals surface area (Å²) < 4.78 is 20.0. The molecule has 1 N–H and O–H groups in total. The van der Waals surface area contributed by atoms with E-state index in [1.807, 2.05) is 18.2 Å². The van der Waals surface area contributed by atoms with E-state index in [2.05, 4.69) is 140 Å². The highest BCUT2D eigenvalue weighted by atomic mass is 16.6. The van der Waals surface area contributed by atoms with Gasteiger partial charge in [0.15, 0.2) is 0 Å². The van der Waals surface area contributed by atoms with E-state index in [4.69, 9.17) is 14.2 Å². The molecule has 44 heavy (non-hydrogen) atoms. The molecular weight excluding hydrogens is 542 g/mol. The molecule has 0 aromatic heterocycles. The Bertz CT molecular complexity index is 1510. The third kappa shape index (κ3) is 7.72. The predicted octanol–water partition coefficient (Wildman–Crippen LogP) is 9.91. The smallest absolute Gasteiger partial charge is 0.132 e. The van der Waals surface area contributed by atoms with Gasteiger partial charge in [0.25, 0.3) is 0 Å². The molecule has 2 atom stereocenters. The van der Waals surface area contributed by atoms with E-state index >= 15 is 0 Å². The first kappa shape index (κ1) is 31.8. The lowest BCUT2D eigenvalue weighted by molar-refractivity contribution is -0.170. The number of hydrogen-bond acceptors (Lipinski definition) is 4. The van der Waals surface area contributed by atoms with Crippen LogP contribution in [0.3, 0.4) is 0 Å². The summed E-state index contributed by atoms with van der Waals surface area (Å²) in [5.41, 5.74) is 7.83. The Balaban J connectivity index is 1.38. The lowest BCUT2D eigenvalue weighted by atomic mass is 9.86. The number of anilines is 1. The summed E-state index contributed by atoms with van der Waals surface area (Å²) >= 11 is 0. The molecule has 4 aromatic rings. The molecule has 1 aliphatic rings. The van der Waals surface area contributed by atoms with Crippen molar-refractivity contribution in [1.29, 1.82) is 0 Å². The maximum atomic E-state index is 6.73. The normalized spacial score (nSPS) is 17.9. The van der Waals surface area contributed by atoms with Gasteiger partial charge in [0.05, 0.1) is 13.2 Å². The Kier molecular flexibility index (Phi) is 9.25. The first-order valence-electron chi connectivity index (χ1n) is 15.8. The molecule has 4 nitrogen and oxygen atoms in total. The molecule has 0 aliphatic carbocycles. The molecule has 0 saturated heterocycles. The summed E-state index contributed by atoms with van der Waals surface area (Å²) in [6, 6.07) is 34.2. The van der Waals surface area contributed by atoms with Crippen molar-refractivity contribution in [2.24, 2.45) is 0 Å². The molecule has 0 saturated carbocycles. The van der Waals surface area contributed by atoms with Crippen molar-refractivity contribution in [3.63, 3.8) is 0 Å². The van der Waals surface area contributed by atoms with Gasteiger partial charge in [-0.1, -0.05) is 120 Å². The summed E-state index contributed by atoms with van der Waals surface area (Å²) in [6.07, 6.45) is -0.628. The number of hydrogen-bond donors (Lipinski definition) is 1. The van der Waals surface area contributed by atoms with Gasteiger partial charge in [-0.3, -0.25) is 0 Å². The minimum atomic E-state index is -0.594. The second-order valence-electron chi connectivity index (χ2n) is 14.7. The topological polar surface area (TPSA) is 39.7 Å². The zero-order valence-corrected chi connectivity index (χ0v) is 27.7. The predicted molar refractivity (Wildman–Crippen MR) is 181 cm³/mol. The molecule has 0 bridgehead atoms. The third-order valence-corrected chi connectivity index (χ3v) is 8.49. The van der Waals surface area contributed by atoms with Crippen molar-refractivity contribution in [1.82, 2.24) is 0 Å².